The summed E-state index contributed by atoms with van der Waals surface area (Å²) in [4.78, 5) is 29.2. The number of anilines is 2. The molecule has 0 fully saturated rings. The van der Waals surface area contributed by atoms with E-state index in [1.807, 2.05) is 25.1 Å². The van der Waals surface area contributed by atoms with Crippen LogP contribution in [0.1, 0.15) is 12.5 Å². The number of rotatable bonds is 6. The first kappa shape index (κ1) is 21.2. The number of likely N-dealkylation sites (N-methyl/N-ethyl adjacent to an activating group) is 1. The quantitative estimate of drug-likeness (QED) is 0.524. The van der Waals surface area contributed by atoms with Crippen molar-refractivity contribution in [2.24, 2.45) is 0 Å². The Balaban J connectivity index is 1.86. The molecule has 0 spiro atoms. The van der Waals surface area contributed by atoms with Crippen LogP contribution in [0.5, 0.6) is 5.75 Å². The maximum absolute atomic E-state index is 14.5. The summed E-state index contributed by atoms with van der Waals surface area (Å²) in [6, 6.07) is 18.5. The Morgan fingerprint density at radius 3 is 2.22 bits per heavy atom. The Kier molecular flexibility index (Phi) is 5.73. The van der Waals surface area contributed by atoms with Gasteiger partial charge in [-0.1, -0.05) is 30.3 Å². The van der Waals surface area contributed by atoms with Crippen LogP contribution in [0.25, 0.3) is 5.57 Å². The fraction of sp³-hybridized carbons (Fsp3) is 0.120. The molecule has 0 N–H and O–H groups in total. The monoisotopic (exact) mass is 434 g/mol. The maximum Gasteiger partial charge on any atom is 0.282 e. The zero-order valence-corrected chi connectivity index (χ0v) is 17.5. The Morgan fingerprint density at radius 2 is 1.59 bits per heavy atom. The van der Waals surface area contributed by atoms with Crippen molar-refractivity contribution in [1.82, 2.24) is 0 Å². The maximum atomic E-state index is 14.5. The van der Waals surface area contributed by atoms with Crippen LogP contribution in [0.15, 0.2) is 78.5 Å². The molecule has 4 rings (SSSR count). The molecule has 0 aromatic heterocycles. The van der Waals surface area contributed by atoms with E-state index in [1.165, 1.54) is 0 Å². The van der Waals surface area contributed by atoms with Gasteiger partial charge in [0.25, 0.3) is 11.8 Å². The van der Waals surface area contributed by atoms with Crippen LogP contribution < -0.4 is 14.5 Å². The summed E-state index contributed by atoms with van der Waals surface area (Å²) in [5.74, 6) is -2.57. The number of hydrogen-bond acceptors (Lipinski definition) is 4. The number of halogens is 2. The number of nitrogens with zero attached hydrogens (tertiary/aromatic N) is 2. The predicted octanol–water partition coefficient (Wildman–Crippen LogP) is 4.78. The van der Waals surface area contributed by atoms with Gasteiger partial charge in [-0.25, -0.2) is 13.7 Å². The summed E-state index contributed by atoms with van der Waals surface area (Å²) in [7, 11) is 1.66. The van der Waals surface area contributed by atoms with Crippen LogP contribution in [-0.4, -0.2) is 25.5 Å². The van der Waals surface area contributed by atoms with Crippen molar-refractivity contribution in [1.29, 1.82) is 0 Å². The molecular weight excluding hydrogens is 414 g/mol. The van der Waals surface area contributed by atoms with Crippen molar-refractivity contribution >= 4 is 28.8 Å². The van der Waals surface area contributed by atoms with Crippen LogP contribution in [0.2, 0.25) is 0 Å². The summed E-state index contributed by atoms with van der Waals surface area (Å²) in [5.41, 5.74) is 1.06. The largest absolute Gasteiger partial charge is 0.494 e. The third kappa shape index (κ3) is 3.73. The molecule has 0 radical (unpaired) electrons. The third-order valence-corrected chi connectivity index (χ3v) is 5.14. The second-order valence-corrected chi connectivity index (χ2v) is 7.12. The van der Waals surface area contributed by atoms with Gasteiger partial charge in [-0.2, -0.15) is 0 Å². The summed E-state index contributed by atoms with van der Waals surface area (Å²) < 4.78 is 33.4. The number of benzene rings is 3. The van der Waals surface area contributed by atoms with Gasteiger partial charge in [0.05, 0.1) is 17.9 Å². The number of carbonyl (C=O) groups is 2. The normalized spacial score (nSPS) is 13.7. The van der Waals surface area contributed by atoms with Crippen molar-refractivity contribution in [2.75, 3.05) is 23.5 Å². The Hall–Kier alpha value is -4.00. The molecule has 0 saturated carbocycles. The van der Waals surface area contributed by atoms with E-state index in [-0.39, 0.29) is 17.0 Å². The second-order valence-electron chi connectivity index (χ2n) is 7.12. The van der Waals surface area contributed by atoms with Crippen LogP contribution in [0.4, 0.5) is 20.2 Å². The van der Waals surface area contributed by atoms with Gasteiger partial charge < -0.3 is 9.64 Å². The lowest BCUT2D eigenvalue weighted by Gasteiger charge is -2.21. The predicted molar refractivity (Wildman–Crippen MR) is 118 cm³/mol. The number of amides is 2. The van der Waals surface area contributed by atoms with E-state index in [0.717, 1.165) is 17.0 Å². The molecule has 1 aliphatic rings. The zero-order chi connectivity index (χ0) is 22.8. The van der Waals surface area contributed by atoms with Crippen molar-refractivity contribution in [3.8, 4) is 5.75 Å². The van der Waals surface area contributed by atoms with Gasteiger partial charge in [0.1, 0.15) is 23.1 Å². The van der Waals surface area contributed by atoms with Crippen LogP contribution in [-0.2, 0) is 9.59 Å². The van der Waals surface area contributed by atoms with Crippen molar-refractivity contribution in [3.05, 3.63) is 95.7 Å². The highest BCUT2D eigenvalue weighted by Gasteiger charge is 2.43. The molecule has 32 heavy (non-hydrogen) atoms. The molecule has 5 nitrogen and oxygen atoms in total. The first-order valence-electron chi connectivity index (χ1n) is 10.0. The molecule has 3 aromatic rings. The molecular formula is C25H20F2N2O3. The molecule has 162 valence electrons. The van der Waals surface area contributed by atoms with Gasteiger partial charge in [0.2, 0.25) is 0 Å². The topological polar surface area (TPSA) is 49.9 Å². The Labute approximate surface area is 184 Å². The number of hydrogen-bond donors (Lipinski definition) is 0. The highest BCUT2D eigenvalue weighted by molar-refractivity contribution is 6.46. The minimum absolute atomic E-state index is 0.0917. The first-order chi connectivity index (χ1) is 15.4. The van der Waals surface area contributed by atoms with E-state index in [1.54, 1.807) is 48.3 Å². The third-order valence-electron chi connectivity index (χ3n) is 5.14. The minimum atomic E-state index is -0.999. The molecule has 0 unspecified atom stereocenters. The van der Waals surface area contributed by atoms with Crippen molar-refractivity contribution in [2.45, 2.75) is 6.92 Å². The van der Waals surface area contributed by atoms with E-state index in [9.17, 15) is 18.4 Å². The van der Waals surface area contributed by atoms with E-state index in [2.05, 4.69) is 0 Å². The lowest BCUT2D eigenvalue weighted by atomic mass is 10.0. The number of ether oxygens (including phenoxy) is 1. The van der Waals surface area contributed by atoms with Gasteiger partial charge in [0.15, 0.2) is 0 Å². The summed E-state index contributed by atoms with van der Waals surface area (Å²) in [6.07, 6.45) is 0. The second kappa shape index (κ2) is 8.63. The molecule has 0 bridgehead atoms. The fourth-order valence-corrected chi connectivity index (χ4v) is 3.64. The van der Waals surface area contributed by atoms with Crippen LogP contribution in [0.3, 0.4) is 0 Å². The Morgan fingerprint density at radius 1 is 0.906 bits per heavy atom. The number of imide groups is 1. The minimum Gasteiger partial charge on any atom is -0.494 e. The molecule has 0 atom stereocenters. The SMILES string of the molecule is CCOc1ccc(C2=C(N(C)c3ccccc3)C(=O)N(c3ccc(F)cc3F)C2=O)cc1. The lowest BCUT2D eigenvalue weighted by molar-refractivity contribution is -0.120. The summed E-state index contributed by atoms with van der Waals surface area (Å²) in [5, 5.41) is 0. The molecule has 0 aliphatic carbocycles. The van der Waals surface area contributed by atoms with Crippen LogP contribution >= 0.6 is 0 Å². The molecule has 1 aliphatic heterocycles. The molecule has 0 saturated heterocycles. The van der Waals surface area contributed by atoms with Gasteiger partial charge in [-0.15, -0.1) is 0 Å². The summed E-state index contributed by atoms with van der Waals surface area (Å²) in [6.45, 7) is 2.34. The van der Waals surface area contributed by atoms with E-state index >= 15 is 0 Å². The fourth-order valence-electron chi connectivity index (χ4n) is 3.64. The standard InChI is InChI=1S/C25H20F2N2O3/c1-3-32-19-12-9-16(10-13-19)22-23(28(2)18-7-5-4-6-8-18)25(31)29(24(22)30)21-14-11-17(26)15-20(21)27/h4-15H,3H2,1-2H3. The number of para-hydroxylation sites is 1. The van der Waals surface area contributed by atoms with Gasteiger partial charge in [-0.05, 0) is 48.9 Å². The number of carbonyl (C=O) groups excluding carboxylic acids is 2. The van der Waals surface area contributed by atoms with Crippen molar-refractivity contribution in [3.63, 3.8) is 0 Å². The first-order valence-corrected chi connectivity index (χ1v) is 10.0. The van der Waals surface area contributed by atoms with Crippen LogP contribution in [0, 0.1) is 11.6 Å². The molecule has 7 heteroatoms. The van der Waals surface area contributed by atoms with Crippen molar-refractivity contribution < 1.29 is 23.1 Å². The lowest BCUT2D eigenvalue weighted by Crippen LogP contribution is -2.34. The molecule has 3 aromatic carbocycles. The van der Waals surface area contributed by atoms with E-state index < -0.39 is 23.4 Å². The van der Waals surface area contributed by atoms with Gasteiger partial charge in [-0.3, -0.25) is 9.59 Å². The highest BCUT2D eigenvalue weighted by atomic mass is 19.1. The molecule has 1 heterocycles. The Bertz CT molecular complexity index is 1210. The van der Waals surface area contributed by atoms with E-state index in [0.29, 0.717) is 29.7 Å². The molecule has 2 amide bonds. The van der Waals surface area contributed by atoms with E-state index in [4.69, 9.17) is 4.74 Å². The average molecular weight is 434 g/mol. The zero-order valence-electron chi connectivity index (χ0n) is 17.5. The highest BCUT2D eigenvalue weighted by Crippen LogP contribution is 2.37. The van der Waals surface area contributed by atoms with Gasteiger partial charge >= 0.3 is 0 Å². The smallest absolute Gasteiger partial charge is 0.282 e. The van der Waals surface area contributed by atoms with Gasteiger partial charge in [0, 0.05) is 18.8 Å². The summed E-state index contributed by atoms with van der Waals surface area (Å²) >= 11 is 0. The average Bonchev–Trinajstić information content (AvgIpc) is 3.05.